The van der Waals surface area contributed by atoms with E-state index in [0.717, 1.165) is 17.1 Å². The van der Waals surface area contributed by atoms with Crippen LogP contribution in [0.1, 0.15) is 10.4 Å². The molecule has 0 saturated heterocycles. The molecule has 0 atom stereocenters. The quantitative estimate of drug-likeness (QED) is 0.502. The number of aromatic nitrogens is 1. The predicted molar refractivity (Wildman–Crippen MR) is 94.8 cm³/mol. The molecule has 120 valence electrons. The van der Waals surface area contributed by atoms with Crippen molar-refractivity contribution in [2.45, 2.75) is 0 Å². The zero-order chi connectivity index (χ0) is 16.9. The maximum atomic E-state index is 11.5. The SMILES string of the molecule is C=CCOc1c(C=O)ccc(OC)c1-c1nccc2ccccc12. The zero-order valence-electron chi connectivity index (χ0n) is 13.4. The summed E-state index contributed by atoms with van der Waals surface area (Å²) >= 11 is 0. The van der Waals surface area contributed by atoms with Crippen molar-refractivity contribution in [3.8, 4) is 22.8 Å². The minimum atomic E-state index is 0.284. The number of methoxy groups -OCH3 is 1. The van der Waals surface area contributed by atoms with E-state index in [4.69, 9.17) is 9.47 Å². The third-order valence-electron chi connectivity index (χ3n) is 3.75. The molecule has 0 N–H and O–H groups in total. The molecule has 0 aliphatic rings. The molecule has 0 spiro atoms. The second-order valence-corrected chi connectivity index (χ2v) is 5.16. The van der Waals surface area contributed by atoms with Gasteiger partial charge in [-0.3, -0.25) is 9.78 Å². The molecule has 0 unspecified atom stereocenters. The Morgan fingerprint density at radius 1 is 1.17 bits per heavy atom. The molecule has 2 aromatic carbocycles. The Morgan fingerprint density at radius 2 is 2.00 bits per heavy atom. The van der Waals surface area contributed by atoms with E-state index < -0.39 is 0 Å². The number of benzene rings is 2. The van der Waals surface area contributed by atoms with Crippen molar-refractivity contribution in [1.82, 2.24) is 4.98 Å². The second kappa shape index (κ2) is 6.96. The summed E-state index contributed by atoms with van der Waals surface area (Å²) in [7, 11) is 1.59. The highest BCUT2D eigenvalue weighted by Gasteiger charge is 2.20. The first-order valence-corrected chi connectivity index (χ1v) is 7.54. The third-order valence-corrected chi connectivity index (χ3v) is 3.75. The minimum Gasteiger partial charge on any atom is -0.496 e. The van der Waals surface area contributed by atoms with E-state index >= 15 is 0 Å². The summed E-state index contributed by atoms with van der Waals surface area (Å²) in [4.78, 5) is 16.0. The average Bonchev–Trinajstić information content (AvgIpc) is 2.65. The van der Waals surface area contributed by atoms with E-state index in [1.165, 1.54) is 0 Å². The largest absolute Gasteiger partial charge is 0.496 e. The van der Waals surface area contributed by atoms with E-state index in [1.807, 2.05) is 30.3 Å². The number of hydrogen-bond donors (Lipinski definition) is 0. The summed E-state index contributed by atoms with van der Waals surface area (Å²) in [6.45, 7) is 3.95. The number of rotatable bonds is 6. The molecule has 1 heterocycles. The number of ether oxygens (including phenoxy) is 2. The number of nitrogens with zero attached hydrogens (tertiary/aromatic N) is 1. The Balaban J connectivity index is 2.35. The lowest BCUT2D eigenvalue weighted by atomic mass is 10.00. The molecule has 0 radical (unpaired) electrons. The van der Waals surface area contributed by atoms with Crippen LogP contribution in [0, 0.1) is 0 Å². The molecule has 3 rings (SSSR count). The summed E-state index contributed by atoms with van der Waals surface area (Å²) in [6, 6.07) is 13.3. The van der Waals surface area contributed by atoms with Crippen LogP contribution in [0.15, 0.2) is 61.3 Å². The zero-order valence-corrected chi connectivity index (χ0v) is 13.4. The molecule has 0 bridgehead atoms. The van der Waals surface area contributed by atoms with Crippen LogP contribution in [0.2, 0.25) is 0 Å². The number of carbonyl (C=O) groups excluding carboxylic acids is 1. The van der Waals surface area contributed by atoms with Gasteiger partial charge in [-0.15, -0.1) is 0 Å². The summed E-state index contributed by atoms with van der Waals surface area (Å²) in [6.07, 6.45) is 4.14. The van der Waals surface area contributed by atoms with Gasteiger partial charge in [0.15, 0.2) is 6.29 Å². The molecule has 0 saturated carbocycles. The third kappa shape index (κ3) is 2.74. The number of fused-ring (bicyclic) bond motifs is 1. The van der Waals surface area contributed by atoms with Gasteiger partial charge in [-0.25, -0.2) is 0 Å². The van der Waals surface area contributed by atoms with Gasteiger partial charge in [0.25, 0.3) is 0 Å². The van der Waals surface area contributed by atoms with Gasteiger partial charge in [0.2, 0.25) is 0 Å². The molecular weight excluding hydrogens is 302 g/mol. The molecule has 1 aromatic heterocycles. The van der Waals surface area contributed by atoms with E-state index in [1.54, 1.807) is 31.5 Å². The summed E-state index contributed by atoms with van der Waals surface area (Å²) in [5.74, 6) is 1.05. The Kier molecular flexibility index (Phi) is 4.57. The number of hydrogen-bond acceptors (Lipinski definition) is 4. The van der Waals surface area contributed by atoms with Crippen molar-refractivity contribution in [3.05, 3.63) is 66.9 Å². The van der Waals surface area contributed by atoms with E-state index in [0.29, 0.717) is 28.3 Å². The summed E-state index contributed by atoms with van der Waals surface area (Å²) in [5.41, 5.74) is 1.83. The van der Waals surface area contributed by atoms with E-state index in [2.05, 4.69) is 11.6 Å². The fraction of sp³-hybridized carbons (Fsp3) is 0.100. The summed E-state index contributed by atoms with van der Waals surface area (Å²) < 4.78 is 11.3. The molecule has 0 fully saturated rings. The Labute approximate surface area is 140 Å². The van der Waals surface area contributed by atoms with Crippen molar-refractivity contribution in [2.24, 2.45) is 0 Å². The highest BCUT2D eigenvalue weighted by Crippen LogP contribution is 2.42. The molecule has 0 amide bonds. The van der Waals surface area contributed by atoms with Crippen LogP contribution in [0.25, 0.3) is 22.0 Å². The van der Waals surface area contributed by atoms with Gasteiger partial charge in [0.1, 0.15) is 18.1 Å². The highest BCUT2D eigenvalue weighted by molar-refractivity contribution is 5.99. The molecule has 4 heteroatoms. The minimum absolute atomic E-state index is 0.284. The fourth-order valence-electron chi connectivity index (χ4n) is 2.68. The maximum Gasteiger partial charge on any atom is 0.153 e. The van der Waals surface area contributed by atoms with Crippen LogP contribution >= 0.6 is 0 Å². The van der Waals surface area contributed by atoms with E-state index in [9.17, 15) is 4.79 Å². The van der Waals surface area contributed by atoms with Crippen molar-refractivity contribution in [1.29, 1.82) is 0 Å². The predicted octanol–water partition coefficient (Wildman–Crippen LogP) is 4.29. The van der Waals surface area contributed by atoms with Gasteiger partial charge in [0, 0.05) is 11.6 Å². The number of carbonyl (C=O) groups is 1. The normalized spacial score (nSPS) is 10.4. The van der Waals surface area contributed by atoms with Gasteiger partial charge in [0.05, 0.1) is 23.9 Å². The van der Waals surface area contributed by atoms with Crippen LogP contribution in [-0.4, -0.2) is 25.0 Å². The Morgan fingerprint density at radius 3 is 2.75 bits per heavy atom. The molecule has 0 aliphatic heterocycles. The van der Waals surface area contributed by atoms with Crippen molar-refractivity contribution in [3.63, 3.8) is 0 Å². The first-order valence-electron chi connectivity index (χ1n) is 7.54. The van der Waals surface area contributed by atoms with Gasteiger partial charge >= 0.3 is 0 Å². The lowest BCUT2D eigenvalue weighted by Crippen LogP contribution is -2.02. The molecule has 3 aromatic rings. The second-order valence-electron chi connectivity index (χ2n) is 5.16. The first kappa shape index (κ1) is 15.7. The van der Waals surface area contributed by atoms with Crippen molar-refractivity contribution in [2.75, 3.05) is 13.7 Å². The average molecular weight is 319 g/mol. The fourth-order valence-corrected chi connectivity index (χ4v) is 2.68. The Hall–Kier alpha value is -3.14. The lowest BCUT2D eigenvalue weighted by molar-refractivity contribution is 0.112. The van der Waals surface area contributed by atoms with Gasteiger partial charge in [-0.05, 0) is 23.6 Å². The van der Waals surface area contributed by atoms with Crippen LogP contribution in [0.3, 0.4) is 0 Å². The molecule has 24 heavy (non-hydrogen) atoms. The van der Waals surface area contributed by atoms with Crippen LogP contribution in [0.4, 0.5) is 0 Å². The topological polar surface area (TPSA) is 48.4 Å². The van der Waals surface area contributed by atoms with Crippen molar-refractivity contribution < 1.29 is 14.3 Å². The monoisotopic (exact) mass is 319 g/mol. The summed E-state index contributed by atoms with van der Waals surface area (Å²) in [5, 5.41) is 2.01. The number of pyridine rings is 1. The molecular formula is C20H17NO3. The van der Waals surface area contributed by atoms with E-state index in [-0.39, 0.29) is 6.61 Å². The van der Waals surface area contributed by atoms with Crippen molar-refractivity contribution >= 4 is 17.1 Å². The standard InChI is InChI=1S/C20H17NO3/c1-3-12-24-20-15(13-22)8-9-17(23-2)18(20)19-16-7-5-4-6-14(16)10-11-21-19/h3-11,13H,1,12H2,2H3. The molecule has 0 aliphatic carbocycles. The highest BCUT2D eigenvalue weighted by atomic mass is 16.5. The van der Waals surface area contributed by atoms with Crippen LogP contribution in [-0.2, 0) is 0 Å². The maximum absolute atomic E-state index is 11.5. The van der Waals surface area contributed by atoms with Crippen LogP contribution < -0.4 is 9.47 Å². The number of aldehydes is 1. The Bertz CT molecular complexity index is 897. The van der Waals surface area contributed by atoms with Crippen LogP contribution in [0.5, 0.6) is 11.5 Å². The first-order chi connectivity index (χ1) is 11.8. The molecule has 4 nitrogen and oxygen atoms in total. The van der Waals surface area contributed by atoms with Gasteiger partial charge < -0.3 is 9.47 Å². The lowest BCUT2D eigenvalue weighted by Gasteiger charge is -2.17. The van der Waals surface area contributed by atoms with Gasteiger partial charge in [-0.2, -0.15) is 0 Å². The smallest absolute Gasteiger partial charge is 0.153 e. The van der Waals surface area contributed by atoms with Gasteiger partial charge in [-0.1, -0.05) is 36.9 Å².